The maximum atomic E-state index is 13.2. The lowest BCUT2D eigenvalue weighted by molar-refractivity contribution is 0.0338. The summed E-state index contributed by atoms with van der Waals surface area (Å²) < 4.78 is 44.9. The fourth-order valence-electron chi connectivity index (χ4n) is 3.31. The lowest BCUT2D eigenvalue weighted by atomic mass is 10.1. The van der Waals surface area contributed by atoms with Gasteiger partial charge in [-0.15, -0.1) is 0 Å². The Balaban J connectivity index is 1.95. The van der Waals surface area contributed by atoms with Crippen LogP contribution >= 0.6 is 0 Å². The molecule has 0 N–H and O–H groups in total. The van der Waals surface area contributed by atoms with E-state index in [9.17, 15) is 17.6 Å². The van der Waals surface area contributed by atoms with Crippen LogP contribution in [0.15, 0.2) is 47.4 Å². The molecular formula is C21H25FN2O4S. The van der Waals surface area contributed by atoms with E-state index in [0.717, 1.165) is 30.2 Å². The molecule has 0 saturated carbocycles. The summed E-state index contributed by atoms with van der Waals surface area (Å²) in [6, 6.07) is 10.3. The maximum absolute atomic E-state index is 13.2. The number of rotatable bonds is 6. The summed E-state index contributed by atoms with van der Waals surface area (Å²) in [5.74, 6) is -0.982. The van der Waals surface area contributed by atoms with E-state index in [1.54, 1.807) is 25.1 Å². The number of hydrogen-bond acceptors (Lipinski definition) is 5. The Morgan fingerprint density at radius 3 is 2.31 bits per heavy atom. The third kappa shape index (κ3) is 4.59. The molecule has 0 aliphatic carbocycles. The highest BCUT2D eigenvalue weighted by Crippen LogP contribution is 2.30. The van der Waals surface area contributed by atoms with Crippen molar-refractivity contribution in [3.8, 4) is 0 Å². The number of carbonyl (C=O) groups is 1. The van der Waals surface area contributed by atoms with Gasteiger partial charge in [0.05, 0.1) is 16.1 Å². The van der Waals surface area contributed by atoms with Gasteiger partial charge >= 0.3 is 5.97 Å². The van der Waals surface area contributed by atoms with Crippen LogP contribution in [0.25, 0.3) is 0 Å². The number of halogens is 1. The molecule has 1 heterocycles. The Morgan fingerprint density at radius 2 is 1.72 bits per heavy atom. The van der Waals surface area contributed by atoms with Gasteiger partial charge in [-0.1, -0.05) is 12.1 Å². The summed E-state index contributed by atoms with van der Waals surface area (Å²) in [5.41, 5.74) is 1.53. The minimum Gasteiger partial charge on any atom is -0.454 e. The van der Waals surface area contributed by atoms with Gasteiger partial charge in [0.15, 0.2) is 0 Å². The highest BCUT2D eigenvalue weighted by atomic mass is 32.2. The van der Waals surface area contributed by atoms with E-state index in [-0.39, 0.29) is 16.3 Å². The standard InChI is InChI=1S/C21H25FN2O4S/c1-15(16-6-8-17(22)9-7-16)28-21(25)19-14-18(29(26,27)23(2)3)10-11-20(19)24-12-4-5-13-24/h6-11,14-15H,4-5,12-13H2,1-3H3/t15-/m1/s1. The van der Waals surface area contributed by atoms with E-state index in [1.165, 1.54) is 38.4 Å². The molecule has 0 unspecified atom stereocenters. The largest absolute Gasteiger partial charge is 0.454 e. The molecule has 8 heteroatoms. The highest BCUT2D eigenvalue weighted by molar-refractivity contribution is 7.89. The van der Waals surface area contributed by atoms with Crippen molar-refractivity contribution in [2.45, 2.75) is 30.8 Å². The summed E-state index contributed by atoms with van der Waals surface area (Å²) in [5, 5.41) is 0. The predicted molar refractivity (Wildman–Crippen MR) is 109 cm³/mol. The maximum Gasteiger partial charge on any atom is 0.340 e. The Kier molecular flexibility index (Phi) is 6.24. The van der Waals surface area contributed by atoms with Gasteiger partial charge in [-0.3, -0.25) is 0 Å². The molecule has 29 heavy (non-hydrogen) atoms. The summed E-state index contributed by atoms with van der Waals surface area (Å²) >= 11 is 0. The number of sulfonamides is 1. The molecule has 0 amide bonds. The van der Waals surface area contributed by atoms with Crippen LogP contribution in [0.5, 0.6) is 0 Å². The zero-order valence-corrected chi connectivity index (χ0v) is 17.6. The Labute approximate surface area is 170 Å². The van der Waals surface area contributed by atoms with Gasteiger partial charge in [-0.2, -0.15) is 0 Å². The summed E-state index contributed by atoms with van der Waals surface area (Å²) in [4.78, 5) is 15.1. The summed E-state index contributed by atoms with van der Waals surface area (Å²) in [7, 11) is -0.808. The Hall–Kier alpha value is -2.45. The second kappa shape index (κ2) is 8.51. The first-order chi connectivity index (χ1) is 13.7. The lowest BCUT2D eigenvalue weighted by Crippen LogP contribution is -2.25. The first kappa shape index (κ1) is 21.3. The second-order valence-electron chi connectivity index (χ2n) is 7.26. The van der Waals surface area contributed by atoms with Crippen molar-refractivity contribution in [3.63, 3.8) is 0 Å². The van der Waals surface area contributed by atoms with E-state index in [4.69, 9.17) is 4.74 Å². The van der Waals surface area contributed by atoms with Crippen molar-refractivity contribution >= 4 is 21.7 Å². The zero-order valence-electron chi connectivity index (χ0n) is 16.8. The van der Waals surface area contributed by atoms with Crippen LogP contribution in [-0.4, -0.2) is 45.9 Å². The third-order valence-electron chi connectivity index (χ3n) is 5.04. The molecule has 1 aliphatic rings. The average molecular weight is 421 g/mol. The quantitative estimate of drug-likeness (QED) is 0.668. The van der Waals surface area contributed by atoms with Gasteiger partial charge < -0.3 is 9.64 Å². The molecule has 0 aromatic heterocycles. The fraction of sp³-hybridized carbons (Fsp3) is 0.381. The van der Waals surface area contributed by atoms with Crippen molar-refractivity contribution in [1.29, 1.82) is 0 Å². The minimum absolute atomic E-state index is 0.0341. The van der Waals surface area contributed by atoms with Gasteiger partial charge in [0.2, 0.25) is 10.0 Å². The molecule has 6 nitrogen and oxygen atoms in total. The molecule has 1 aliphatic heterocycles. The van der Waals surface area contributed by atoms with Crippen molar-refractivity contribution in [1.82, 2.24) is 4.31 Å². The van der Waals surface area contributed by atoms with E-state index >= 15 is 0 Å². The molecule has 1 saturated heterocycles. The Morgan fingerprint density at radius 1 is 1.10 bits per heavy atom. The Bertz CT molecular complexity index is 984. The first-order valence-electron chi connectivity index (χ1n) is 9.48. The van der Waals surface area contributed by atoms with Crippen LogP contribution in [0.3, 0.4) is 0 Å². The number of esters is 1. The van der Waals surface area contributed by atoms with Crippen molar-refractivity contribution < 1.29 is 22.3 Å². The number of benzene rings is 2. The molecule has 2 aromatic rings. The smallest absolute Gasteiger partial charge is 0.340 e. The highest BCUT2D eigenvalue weighted by Gasteiger charge is 2.26. The normalized spacial score (nSPS) is 15.6. The van der Waals surface area contributed by atoms with Crippen LogP contribution in [0.1, 0.15) is 41.8 Å². The second-order valence-corrected chi connectivity index (χ2v) is 9.41. The predicted octanol–water partition coefficient (Wildman–Crippen LogP) is 3.59. The molecule has 3 rings (SSSR count). The van der Waals surface area contributed by atoms with Crippen LogP contribution in [0.2, 0.25) is 0 Å². The lowest BCUT2D eigenvalue weighted by Gasteiger charge is -2.23. The average Bonchev–Trinajstić information content (AvgIpc) is 3.22. The third-order valence-corrected chi connectivity index (χ3v) is 6.85. The van der Waals surface area contributed by atoms with Crippen molar-refractivity contribution in [2.24, 2.45) is 0 Å². The molecule has 0 radical (unpaired) electrons. The van der Waals surface area contributed by atoms with E-state index in [0.29, 0.717) is 11.3 Å². The topological polar surface area (TPSA) is 66.9 Å². The number of ether oxygens (including phenoxy) is 1. The first-order valence-corrected chi connectivity index (χ1v) is 10.9. The van der Waals surface area contributed by atoms with Crippen LogP contribution in [-0.2, 0) is 14.8 Å². The molecule has 0 bridgehead atoms. The van der Waals surface area contributed by atoms with Crippen molar-refractivity contribution in [2.75, 3.05) is 32.1 Å². The van der Waals surface area contributed by atoms with Gasteiger partial charge in [0.25, 0.3) is 0 Å². The van der Waals surface area contributed by atoms with Gasteiger partial charge in [-0.05, 0) is 55.7 Å². The van der Waals surface area contributed by atoms with Crippen LogP contribution in [0, 0.1) is 5.82 Å². The van der Waals surface area contributed by atoms with E-state index in [2.05, 4.69) is 4.90 Å². The van der Waals surface area contributed by atoms with Crippen LogP contribution in [0.4, 0.5) is 10.1 Å². The molecule has 1 atom stereocenters. The number of nitrogens with zero attached hydrogens (tertiary/aromatic N) is 2. The van der Waals surface area contributed by atoms with Gasteiger partial charge in [-0.25, -0.2) is 21.9 Å². The molecule has 2 aromatic carbocycles. The SMILES string of the molecule is C[C@@H](OC(=O)c1cc(S(=O)(=O)N(C)C)ccc1N1CCCC1)c1ccc(F)cc1. The molecule has 1 fully saturated rings. The minimum atomic E-state index is -3.69. The van der Waals surface area contributed by atoms with Crippen molar-refractivity contribution in [3.05, 3.63) is 59.4 Å². The number of hydrogen-bond donors (Lipinski definition) is 0. The molecule has 156 valence electrons. The number of carbonyl (C=O) groups excluding carboxylic acids is 1. The van der Waals surface area contributed by atoms with Gasteiger partial charge in [0, 0.05) is 27.2 Å². The van der Waals surface area contributed by atoms with E-state index in [1.807, 2.05) is 0 Å². The number of anilines is 1. The zero-order chi connectivity index (χ0) is 21.2. The van der Waals surface area contributed by atoms with E-state index < -0.39 is 22.1 Å². The molecular weight excluding hydrogens is 395 g/mol. The van der Waals surface area contributed by atoms with Gasteiger partial charge in [0.1, 0.15) is 11.9 Å². The summed E-state index contributed by atoms with van der Waals surface area (Å²) in [6.45, 7) is 3.29. The summed E-state index contributed by atoms with van der Waals surface area (Å²) in [6.07, 6.45) is 1.42. The monoisotopic (exact) mass is 420 g/mol. The molecule has 0 spiro atoms. The fourth-order valence-corrected chi connectivity index (χ4v) is 4.24. The van der Waals surface area contributed by atoms with Crippen LogP contribution < -0.4 is 4.90 Å².